The maximum absolute atomic E-state index is 13.8. The number of halogens is 1. The molecule has 1 aromatic heterocycles. The third kappa shape index (κ3) is 4.16. The SMILES string of the molecule is COc1ccc2[nH]cc(C(C)C(=O)N3C(C)CC(C)CC3CC(C)(C)C#N)c2c1Cl. The maximum atomic E-state index is 13.8. The monoisotopic (exact) mass is 429 g/mol. The lowest BCUT2D eigenvalue weighted by Gasteiger charge is -2.46. The van der Waals surface area contributed by atoms with Gasteiger partial charge >= 0.3 is 0 Å². The van der Waals surface area contributed by atoms with Crippen LogP contribution in [0.4, 0.5) is 0 Å². The van der Waals surface area contributed by atoms with Crippen LogP contribution in [0, 0.1) is 22.7 Å². The molecule has 0 saturated carbocycles. The Bertz CT molecular complexity index is 975. The van der Waals surface area contributed by atoms with Crippen LogP contribution in [0.3, 0.4) is 0 Å². The van der Waals surface area contributed by atoms with Gasteiger partial charge < -0.3 is 14.6 Å². The number of nitrogens with one attached hydrogen (secondary N) is 1. The fraction of sp³-hybridized carbons (Fsp3) is 0.583. The number of hydrogen-bond acceptors (Lipinski definition) is 3. The van der Waals surface area contributed by atoms with E-state index in [1.165, 1.54) is 0 Å². The quantitative estimate of drug-likeness (QED) is 0.644. The highest BCUT2D eigenvalue weighted by molar-refractivity contribution is 6.37. The smallest absolute Gasteiger partial charge is 0.230 e. The lowest BCUT2D eigenvalue weighted by molar-refractivity contribution is -0.140. The Hall–Kier alpha value is -2.19. The van der Waals surface area contributed by atoms with E-state index in [-0.39, 0.29) is 23.9 Å². The van der Waals surface area contributed by atoms with Crippen LogP contribution in [0.1, 0.15) is 65.4 Å². The van der Waals surface area contributed by atoms with Crippen molar-refractivity contribution in [2.75, 3.05) is 7.11 Å². The molecule has 1 aliphatic rings. The van der Waals surface area contributed by atoms with Gasteiger partial charge in [-0.15, -0.1) is 0 Å². The summed E-state index contributed by atoms with van der Waals surface area (Å²) < 4.78 is 5.38. The van der Waals surface area contributed by atoms with E-state index in [0.717, 1.165) is 29.3 Å². The summed E-state index contributed by atoms with van der Waals surface area (Å²) in [6.45, 7) is 10.2. The molecule has 4 unspecified atom stereocenters. The van der Waals surface area contributed by atoms with Crippen LogP contribution in [-0.4, -0.2) is 35.0 Å². The van der Waals surface area contributed by atoms with Gasteiger partial charge in [0.15, 0.2) is 0 Å². The Morgan fingerprint density at radius 1 is 1.40 bits per heavy atom. The van der Waals surface area contributed by atoms with Gasteiger partial charge in [-0.1, -0.05) is 18.5 Å². The highest BCUT2D eigenvalue weighted by Crippen LogP contribution is 2.40. The molecule has 1 aliphatic heterocycles. The second-order valence-electron chi connectivity index (χ2n) is 9.49. The third-order valence-corrected chi connectivity index (χ3v) is 6.80. The minimum absolute atomic E-state index is 0.0589. The summed E-state index contributed by atoms with van der Waals surface area (Å²) in [6.07, 6.45) is 4.46. The molecule has 0 bridgehead atoms. The predicted molar refractivity (Wildman–Crippen MR) is 121 cm³/mol. The van der Waals surface area contributed by atoms with Crippen LogP contribution in [0.2, 0.25) is 5.02 Å². The number of fused-ring (bicyclic) bond motifs is 1. The second-order valence-corrected chi connectivity index (χ2v) is 9.87. The van der Waals surface area contributed by atoms with Crippen molar-refractivity contribution in [2.45, 2.75) is 71.9 Å². The van der Waals surface area contributed by atoms with Crippen molar-refractivity contribution < 1.29 is 9.53 Å². The number of benzene rings is 1. The fourth-order valence-electron chi connectivity index (χ4n) is 4.99. The van der Waals surface area contributed by atoms with Gasteiger partial charge in [0, 0.05) is 29.2 Å². The number of hydrogen-bond donors (Lipinski definition) is 1. The van der Waals surface area contributed by atoms with Crippen molar-refractivity contribution in [2.24, 2.45) is 11.3 Å². The van der Waals surface area contributed by atoms with Crippen molar-refractivity contribution in [3.05, 3.63) is 28.9 Å². The van der Waals surface area contributed by atoms with E-state index in [9.17, 15) is 10.1 Å². The van der Waals surface area contributed by atoms with E-state index in [2.05, 4.69) is 24.9 Å². The molecule has 1 aromatic carbocycles. The van der Waals surface area contributed by atoms with Gasteiger partial charge in [0.2, 0.25) is 5.91 Å². The largest absolute Gasteiger partial charge is 0.495 e. The Labute approximate surface area is 184 Å². The van der Waals surface area contributed by atoms with Crippen LogP contribution in [0.5, 0.6) is 5.75 Å². The molecule has 1 fully saturated rings. The molecule has 0 spiro atoms. The Balaban J connectivity index is 1.97. The van der Waals surface area contributed by atoms with Gasteiger partial charge in [-0.2, -0.15) is 5.26 Å². The molecule has 2 aromatic rings. The zero-order valence-electron chi connectivity index (χ0n) is 18.8. The van der Waals surface area contributed by atoms with Gasteiger partial charge in [-0.3, -0.25) is 4.79 Å². The highest BCUT2D eigenvalue weighted by atomic mass is 35.5. The second kappa shape index (κ2) is 8.51. The number of aromatic nitrogens is 1. The first-order valence-corrected chi connectivity index (χ1v) is 11.0. The number of carbonyl (C=O) groups is 1. The summed E-state index contributed by atoms with van der Waals surface area (Å²) in [4.78, 5) is 19.0. The summed E-state index contributed by atoms with van der Waals surface area (Å²) in [6, 6.07) is 6.35. The number of piperidine rings is 1. The average molecular weight is 430 g/mol. The first-order chi connectivity index (χ1) is 14.1. The van der Waals surface area contributed by atoms with Gasteiger partial charge in [0.1, 0.15) is 5.75 Å². The topological polar surface area (TPSA) is 69.1 Å². The lowest BCUT2D eigenvalue weighted by Crippen LogP contribution is -2.53. The molecule has 30 heavy (non-hydrogen) atoms. The number of carbonyl (C=O) groups excluding carboxylic acids is 1. The summed E-state index contributed by atoms with van der Waals surface area (Å²) >= 11 is 6.60. The summed E-state index contributed by atoms with van der Waals surface area (Å²) in [7, 11) is 1.59. The molecule has 1 amide bonds. The number of amides is 1. The molecule has 6 heteroatoms. The van der Waals surface area contributed by atoms with Crippen molar-refractivity contribution in [3.8, 4) is 11.8 Å². The molecular weight excluding hydrogens is 398 g/mol. The van der Waals surface area contributed by atoms with E-state index in [1.807, 2.05) is 44.0 Å². The minimum atomic E-state index is -0.472. The predicted octanol–water partition coefficient (Wildman–Crippen LogP) is 5.89. The zero-order valence-corrected chi connectivity index (χ0v) is 19.5. The van der Waals surface area contributed by atoms with Crippen LogP contribution in [0.15, 0.2) is 18.3 Å². The Kier molecular flexibility index (Phi) is 6.38. The zero-order chi connectivity index (χ0) is 22.2. The number of likely N-dealkylation sites (tertiary alicyclic amines) is 1. The van der Waals surface area contributed by atoms with Crippen LogP contribution in [-0.2, 0) is 4.79 Å². The number of methoxy groups -OCH3 is 1. The first-order valence-electron chi connectivity index (χ1n) is 10.7. The molecule has 0 radical (unpaired) electrons. The van der Waals surface area contributed by atoms with Gasteiger partial charge in [-0.05, 0) is 70.6 Å². The normalized spacial score (nSPS) is 23.3. The number of nitriles is 1. The lowest BCUT2D eigenvalue weighted by atomic mass is 9.78. The molecule has 1 N–H and O–H groups in total. The molecule has 162 valence electrons. The summed E-state index contributed by atoms with van der Waals surface area (Å²) in [5, 5.41) is 10.9. The Morgan fingerprint density at radius 3 is 2.73 bits per heavy atom. The van der Waals surface area contributed by atoms with Gasteiger partial charge in [0.25, 0.3) is 0 Å². The number of ether oxygens (including phenoxy) is 1. The first kappa shape index (κ1) is 22.5. The fourth-order valence-corrected chi connectivity index (χ4v) is 5.34. The van der Waals surface area contributed by atoms with Crippen molar-refractivity contribution >= 4 is 28.4 Å². The van der Waals surface area contributed by atoms with Crippen molar-refractivity contribution in [1.82, 2.24) is 9.88 Å². The molecule has 0 aliphatic carbocycles. The molecule has 1 saturated heterocycles. The third-order valence-electron chi connectivity index (χ3n) is 6.42. The number of rotatable bonds is 5. The average Bonchev–Trinajstić information content (AvgIpc) is 3.11. The van der Waals surface area contributed by atoms with E-state index >= 15 is 0 Å². The van der Waals surface area contributed by atoms with E-state index < -0.39 is 5.41 Å². The maximum Gasteiger partial charge on any atom is 0.230 e. The Morgan fingerprint density at radius 2 is 2.10 bits per heavy atom. The van der Waals surface area contributed by atoms with E-state index in [0.29, 0.717) is 23.1 Å². The van der Waals surface area contributed by atoms with E-state index in [1.54, 1.807) is 7.11 Å². The standard InChI is InChI=1S/C24H32ClN3O2/c1-14-9-15(2)28(17(10-14)11-24(4,5)13-26)23(29)16(3)18-12-27-19-7-8-20(30-6)22(25)21(18)19/h7-8,12,14-17,27H,9-11H2,1-6H3. The summed E-state index contributed by atoms with van der Waals surface area (Å²) in [5.74, 6) is 0.865. The summed E-state index contributed by atoms with van der Waals surface area (Å²) in [5.41, 5.74) is 1.29. The van der Waals surface area contributed by atoms with Crippen molar-refractivity contribution in [1.29, 1.82) is 5.26 Å². The number of H-pyrrole nitrogens is 1. The molecule has 2 heterocycles. The number of nitrogens with zero attached hydrogens (tertiary/aromatic N) is 2. The van der Waals surface area contributed by atoms with E-state index in [4.69, 9.17) is 16.3 Å². The molecule has 4 atom stereocenters. The minimum Gasteiger partial charge on any atom is -0.495 e. The van der Waals surface area contributed by atoms with Crippen LogP contribution >= 0.6 is 11.6 Å². The van der Waals surface area contributed by atoms with Crippen molar-refractivity contribution in [3.63, 3.8) is 0 Å². The van der Waals surface area contributed by atoms with Crippen LogP contribution in [0.25, 0.3) is 10.9 Å². The number of aromatic amines is 1. The van der Waals surface area contributed by atoms with Crippen LogP contribution < -0.4 is 4.74 Å². The highest BCUT2D eigenvalue weighted by Gasteiger charge is 2.40. The van der Waals surface area contributed by atoms with Gasteiger partial charge in [0.05, 0.1) is 29.5 Å². The van der Waals surface area contributed by atoms with Gasteiger partial charge in [-0.25, -0.2) is 0 Å². The molecule has 5 nitrogen and oxygen atoms in total. The molecule has 3 rings (SSSR count). The molecular formula is C24H32ClN3O2.